The minimum atomic E-state index is 0.382. The Hall–Kier alpha value is -2.35. The van der Waals surface area contributed by atoms with Crippen LogP contribution in [0.5, 0.6) is 0 Å². The Labute approximate surface area is 162 Å². The molecule has 2 aromatic carbocycles. The van der Waals surface area contributed by atoms with E-state index >= 15 is 0 Å². The van der Waals surface area contributed by atoms with Gasteiger partial charge >= 0.3 is 0 Å². The highest BCUT2D eigenvalue weighted by Crippen LogP contribution is 2.26. The molecule has 3 nitrogen and oxygen atoms in total. The molecule has 0 amide bonds. The maximum absolute atomic E-state index is 5.44. The van der Waals surface area contributed by atoms with E-state index in [1.54, 1.807) is 0 Å². The summed E-state index contributed by atoms with van der Waals surface area (Å²) in [5.41, 5.74) is 2.74. The van der Waals surface area contributed by atoms with Crippen molar-refractivity contribution in [3.63, 3.8) is 0 Å². The van der Waals surface area contributed by atoms with Gasteiger partial charge in [-0.05, 0) is 29.8 Å². The Kier molecular flexibility index (Phi) is 6.65. The predicted molar refractivity (Wildman–Crippen MR) is 112 cm³/mol. The van der Waals surface area contributed by atoms with Crippen molar-refractivity contribution in [2.45, 2.75) is 12.5 Å². The highest BCUT2D eigenvalue weighted by molar-refractivity contribution is 7.80. The van der Waals surface area contributed by atoms with Crippen molar-refractivity contribution in [1.29, 1.82) is 0 Å². The Morgan fingerprint density at radius 2 is 1.62 bits per heavy atom. The normalized spacial score (nSPS) is 15.9. The molecule has 26 heavy (non-hydrogen) atoms. The SMILES string of the molecule is C#CCNC(=S)N1CCN(C(Cc2ccccc2)c2ccccc2)CC1. The van der Waals surface area contributed by atoms with Crippen molar-refractivity contribution in [1.82, 2.24) is 15.1 Å². The van der Waals surface area contributed by atoms with Gasteiger partial charge in [0.2, 0.25) is 0 Å². The van der Waals surface area contributed by atoms with Crippen molar-refractivity contribution in [2.75, 3.05) is 32.7 Å². The van der Waals surface area contributed by atoms with Gasteiger partial charge in [-0.15, -0.1) is 6.42 Å². The minimum Gasteiger partial charge on any atom is -0.352 e. The first-order valence-corrected chi connectivity index (χ1v) is 9.48. The number of hydrogen-bond acceptors (Lipinski definition) is 2. The van der Waals surface area contributed by atoms with Crippen molar-refractivity contribution >= 4 is 17.3 Å². The van der Waals surface area contributed by atoms with Gasteiger partial charge in [-0.25, -0.2) is 0 Å². The second-order valence-corrected chi connectivity index (χ2v) is 6.89. The molecule has 0 aromatic heterocycles. The third-order valence-corrected chi connectivity index (χ3v) is 5.24. The molecule has 1 saturated heterocycles. The van der Waals surface area contributed by atoms with E-state index in [2.05, 4.69) is 81.7 Å². The average molecular weight is 364 g/mol. The number of nitrogens with zero attached hydrogens (tertiary/aromatic N) is 2. The van der Waals surface area contributed by atoms with E-state index in [-0.39, 0.29) is 0 Å². The smallest absolute Gasteiger partial charge is 0.169 e. The molecule has 134 valence electrons. The molecular weight excluding hydrogens is 338 g/mol. The van der Waals surface area contributed by atoms with Gasteiger partial charge in [-0.1, -0.05) is 66.6 Å². The zero-order valence-corrected chi connectivity index (χ0v) is 15.8. The molecule has 0 bridgehead atoms. The fourth-order valence-corrected chi connectivity index (χ4v) is 3.70. The Balaban J connectivity index is 1.68. The zero-order chi connectivity index (χ0) is 18.2. The number of piperazine rings is 1. The third-order valence-electron chi connectivity index (χ3n) is 4.84. The Bertz CT molecular complexity index is 731. The fraction of sp³-hybridized carbons (Fsp3) is 0.318. The highest BCUT2D eigenvalue weighted by Gasteiger charge is 2.26. The lowest BCUT2D eigenvalue weighted by Gasteiger charge is -2.40. The second-order valence-electron chi connectivity index (χ2n) is 6.50. The maximum Gasteiger partial charge on any atom is 0.169 e. The van der Waals surface area contributed by atoms with Crippen molar-refractivity contribution in [3.05, 3.63) is 71.8 Å². The Morgan fingerprint density at radius 1 is 1.00 bits per heavy atom. The number of thiocarbonyl (C=S) groups is 1. The molecule has 1 fully saturated rings. The summed E-state index contributed by atoms with van der Waals surface area (Å²) in [6.07, 6.45) is 6.33. The van der Waals surface area contributed by atoms with Crippen LogP contribution >= 0.6 is 12.2 Å². The van der Waals surface area contributed by atoms with Crippen molar-refractivity contribution in [2.24, 2.45) is 0 Å². The summed E-state index contributed by atoms with van der Waals surface area (Å²) in [7, 11) is 0. The topological polar surface area (TPSA) is 18.5 Å². The molecule has 1 aliphatic rings. The maximum atomic E-state index is 5.44. The van der Waals surface area contributed by atoms with Crippen LogP contribution in [0, 0.1) is 12.3 Å². The van der Waals surface area contributed by atoms with E-state index in [0.29, 0.717) is 12.6 Å². The van der Waals surface area contributed by atoms with Crippen LogP contribution in [-0.2, 0) is 6.42 Å². The Morgan fingerprint density at radius 3 is 2.23 bits per heavy atom. The number of hydrogen-bond donors (Lipinski definition) is 1. The largest absolute Gasteiger partial charge is 0.352 e. The number of benzene rings is 2. The van der Waals surface area contributed by atoms with E-state index in [1.165, 1.54) is 11.1 Å². The molecule has 0 radical (unpaired) electrons. The minimum absolute atomic E-state index is 0.382. The molecule has 4 heteroatoms. The van der Waals surface area contributed by atoms with Crippen LogP contribution in [0.3, 0.4) is 0 Å². The molecule has 0 aliphatic carbocycles. The van der Waals surface area contributed by atoms with Crippen LogP contribution in [0.25, 0.3) is 0 Å². The number of nitrogens with one attached hydrogen (secondary N) is 1. The summed E-state index contributed by atoms with van der Waals surface area (Å²) < 4.78 is 0. The molecule has 1 N–H and O–H groups in total. The lowest BCUT2D eigenvalue weighted by Crippen LogP contribution is -2.52. The van der Waals surface area contributed by atoms with Gasteiger partial charge in [0.25, 0.3) is 0 Å². The van der Waals surface area contributed by atoms with Gasteiger partial charge in [0.15, 0.2) is 5.11 Å². The summed E-state index contributed by atoms with van der Waals surface area (Å²) in [5, 5.41) is 3.89. The van der Waals surface area contributed by atoms with Crippen LogP contribution in [0.15, 0.2) is 60.7 Å². The number of rotatable bonds is 5. The number of terminal acetylenes is 1. The van der Waals surface area contributed by atoms with E-state index in [1.807, 2.05) is 0 Å². The average Bonchev–Trinajstić information content (AvgIpc) is 2.72. The highest BCUT2D eigenvalue weighted by atomic mass is 32.1. The van der Waals surface area contributed by atoms with Gasteiger partial charge < -0.3 is 10.2 Å². The molecule has 1 aliphatic heterocycles. The molecule has 0 spiro atoms. The van der Waals surface area contributed by atoms with Gasteiger partial charge in [-0.2, -0.15) is 0 Å². The third kappa shape index (κ3) is 4.85. The summed E-state index contributed by atoms with van der Waals surface area (Å²) in [5.74, 6) is 2.58. The zero-order valence-electron chi connectivity index (χ0n) is 15.0. The van der Waals surface area contributed by atoms with Crippen molar-refractivity contribution < 1.29 is 0 Å². The lowest BCUT2D eigenvalue weighted by atomic mass is 9.97. The van der Waals surface area contributed by atoms with E-state index in [4.69, 9.17) is 18.6 Å². The first-order chi connectivity index (χ1) is 12.8. The molecule has 2 aromatic rings. The molecule has 1 heterocycles. The van der Waals surface area contributed by atoms with Crippen molar-refractivity contribution in [3.8, 4) is 12.3 Å². The summed E-state index contributed by atoms with van der Waals surface area (Å²) in [6.45, 7) is 4.32. The fourth-order valence-electron chi connectivity index (χ4n) is 3.45. The quantitative estimate of drug-likeness (QED) is 0.650. The van der Waals surface area contributed by atoms with Gasteiger partial charge in [0, 0.05) is 32.2 Å². The summed E-state index contributed by atoms with van der Waals surface area (Å²) >= 11 is 5.44. The van der Waals surface area contributed by atoms with Gasteiger partial charge in [-0.3, -0.25) is 4.90 Å². The van der Waals surface area contributed by atoms with Crippen LogP contribution in [0.1, 0.15) is 17.2 Å². The first kappa shape index (κ1) is 18.4. The van der Waals surface area contributed by atoms with Crippen LogP contribution in [0.2, 0.25) is 0 Å². The molecule has 1 atom stereocenters. The molecule has 0 saturated carbocycles. The van der Waals surface area contributed by atoms with E-state index in [9.17, 15) is 0 Å². The van der Waals surface area contributed by atoms with Crippen LogP contribution in [0.4, 0.5) is 0 Å². The second kappa shape index (κ2) is 9.38. The van der Waals surface area contributed by atoms with Crippen LogP contribution in [-0.4, -0.2) is 47.6 Å². The lowest BCUT2D eigenvalue weighted by molar-refractivity contribution is 0.130. The molecular formula is C22H25N3S. The van der Waals surface area contributed by atoms with E-state index in [0.717, 1.165) is 37.7 Å². The van der Waals surface area contributed by atoms with Gasteiger partial charge in [0.1, 0.15) is 0 Å². The van der Waals surface area contributed by atoms with Crippen LogP contribution < -0.4 is 5.32 Å². The first-order valence-electron chi connectivity index (χ1n) is 9.07. The molecule has 1 unspecified atom stereocenters. The summed E-state index contributed by atoms with van der Waals surface area (Å²) in [6, 6.07) is 21.9. The predicted octanol–water partition coefficient (Wildman–Crippen LogP) is 3.10. The monoisotopic (exact) mass is 363 g/mol. The molecule has 3 rings (SSSR count). The standard InChI is InChI=1S/C22H25N3S/c1-2-13-23-22(26)25-16-14-24(15-17-25)21(20-11-7-4-8-12-20)18-19-9-5-3-6-10-19/h1,3-12,21H,13-18H2,(H,23,26). The van der Waals surface area contributed by atoms with E-state index < -0.39 is 0 Å². The summed E-state index contributed by atoms with van der Waals surface area (Å²) in [4.78, 5) is 4.79. The van der Waals surface area contributed by atoms with Gasteiger partial charge in [0.05, 0.1) is 6.54 Å².